The molecule has 4 unspecified atom stereocenters. The Labute approximate surface area is 176 Å². The second kappa shape index (κ2) is 6.86. The third kappa shape index (κ3) is 3.58. The molecule has 11 heteroatoms. The molecule has 0 bridgehead atoms. The smallest absolute Gasteiger partial charge is 0.348 e. The highest BCUT2D eigenvalue weighted by molar-refractivity contribution is 6.74. The molecule has 2 aromatic heterocycles. The number of aromatic amines is 1. The van der Waals surface area contributed by atoms with Gasteiger partial charge >= 0.3 is 5.69 Å². The Morgan fingerprint density at radius 2 is 1.97 bits per heavy atom. The van der Waals surface area contributed by atoms with Gasteiger partial charge in [-0.15, -0.1) is 0 Å². The number of nitrogens with zero attached hydrogens (tertiary/aromatic N) is 3. The number of ether oxygens (including phenoxy) is 3. The summed E-state index contributed by atoms with van der Waals surface area (Å²) >= 11 is 0. The summed E-state index contributed by atoms with van der Waals surface area (Å²) in [6.07, 6.45) is -0.0371. The van der Waals surface area contributed by atoms with Crippen molar-refractivity contribution in [2.75, 3.05) is 12.3 Å². The lowest BCUT2D eigenvalue weighted by Crippen LogP contribution is -2.44. The van der Waals surface area contributed by atoms with Crippen LogP contribution in [-0.2, 0) is 18.6 Å². The maximum atomic E-state index is 11.9. The lowest BCUT2D eigenvalue weighted by Gasteiger charge is -2.37. The number of H-pyrrole nitrogens is 1. The standard InChI is InChI=1S/C19H31N5O5Si/c1-18(2,3)30(6,7)26-8-10-12-13(29-19(4,5)28-12)16(27-10)24-9-21-11-14(20)22-17(25)23-15(11)24/h9-10,12-13,16H,8H2,1-7H3,(H3,20,22,23,25). The molecule has 2 fully saturated rings. The van der Waals surface area contributed by atoms with Crippen LogP contribution in [-0.4, -0.2) is 58.5 Å². The zero-order valence-corrected chi connectivity index (χ0v) is 19.6. The van der Waals surface area contributed by atoms with Crippen molar-refractivity contribution in [3.05, 3.63) is 16.8 Å². The van der Waals surface area contributed by atoms with Crippen LogP contribution in [0.1, 0.15) is 40.8 Å². The number of imidazole rings is 1. The molecule has 30 heavy (non-hydrogen) atoms. The van der Waals surface area contributed by atoms with Crippen molar-refractivity contribution in [3.63, 3.8) is 0 Å². The summed E-state index contributed by atoms with van der Waals surface area (Å²) in [6, 6.07) is 0. The second-order valence-electron chi connectivity index (χ2n) is 9.98. The van der Waals surface area contributed by atoms with Gasteiger partial charge in [-0.1, -0.05) is 20.8 Å². The van der Waals surface area contributed by atoms with Crippen LogP contribution in [0.2, 0.25) is 18.1 Å². The fraction of sp³-hybridized carbons (Fsp3) is 0.737. The molecule has 3 N–H and O–H groups in total. The minimum atomic E-state index is -1.97. The Kier molecular flexibility index (Phi) is 4.90. The van der Waals surface area contributed by atoms with Crippen LogP contribution >= 0.6 is 0 Å². The summed E-state index contributed by atoms with van der Waals surface area (Å²) in [7, 11) is -1.97. The first-order chi connectivity index (χ1) is 13.8. The quantitative estimate of drug-likeness (QED) is 0.697. The molecule has 4 heterocycles. The average molecular weight is 438 g/mol. The Bertz CT molecular complexity index is 1010. The van der Waals surface area contributed by atoms with Crippen LogP contribution in [0.15, 0.2) is 11.1 Å². The molecule has 2 saturated heterocycles. The van der Waals surface area contributed by atoms with E-state index in [1.807, 2.05) is 13.8 Å². The van der Waals surface area contributed by atoms with E-state index in [4.69, 9.17) is 24.4 Å². The van der Waals surface area contributed by atoms with Crippen LogP contribution in [0.3, 0.4) is 0 Å². The minimum absolute atomic E-state index is 0.0831. The monoisotopic (exact) mass is 437 g/mol. The third-order valence-corrected chi connectivity index (χ3v) is 10.8. The summed E-state index contributed by atoms with van der Waals surface area (Å²) in [5.74, 6) is -0.590. The van der Waals surface area contributed by atoms with Crippen molar-refractivity contribution < 1.29 is 18.6 Å². The number of nitrogens with one attached hydrogen (secondary N) is 1. The molecule has 0 aromatic carbocycles. The van der Waals surface area contributed by atoms with Gasteiger partial charge in [0.05, 0.1) is 12.9 Å². The molecule has 4 rings (SSSR count). The van der Waals surface area contributed by atoms with E-state index in [0.717, 1.165) is 0 Å². The number of anilines is 1. The number of hydrogen-bond donors (Lipinski definition) is 2. The molecule has 2 aliphatic heterocycles. The largest absolute Gasteiger partial charge is 0.414 e. The van der Waals surface area contributed by atoms with Crippen molar-refractivity contribution in [1.29, 1.82) is 0 Å². The van der Waals surface area contributed by atoms with Gasteiger partial charge in [-0.3, -0.25) is 9.55 Å². The molecule has 0 saturated carbocycles. The topological polar surface area (TPSA) is 127 Å². The fourth-order valence-electron chi connectivity index (χ4n) is 3.66. The Balaban J connectivity index is 1.65. The SMILES string of the molecule is CC1(C)OC2C(CO[Si](C)(C)C(C)(C)C)OC(n3cnc4c(N)[nH]c(=O)nc43)C2O1. The van der Waals surface area contributed by atoms with Crippen LogP contribution in [0, 0.1) is 0 Å². The average Bonchev–Trinajstić information content (AvgIpc) is 3.23. The zero-order chi connectivity index (χ0) is 22.1. The van der Waals surface area contributed by atoms with E-state index in [9.17, 15) is 4.79 Å². The lowest BCUT2D eigenvalue weighted by atomic mass is 10.1. The van der Waals surface area contributed by atoms with Gasteiger partial charge in [0.1, 0.15) is 29.6 Å². The Morgan fingerprint density at radius 1 is 1.30 bits per heavy atom. The number of rotatable bonds is 4. The van der Waals surface area contributed by atoms with Crippen LogP contribution < -0.4 is 11.4 Å². The number of nitrogens with two attached hydrogens (primary N) is 1. The van der Waals surface area contributed by atoms with Gasteiger partial charge in [-0.25, -0.2) is 9.78 Å². The van der Waals surface area contributed by atoms with Crippen molar-refractivity contribution in [3.8, 4) is 0 Å². The third-order valence-electron chi connectivity index (χ3n) is 6.29. The zero-order valence-electron chi connectivity index (χ0n) is 18.6. The molecular formula is C19H31N5O5Si. The van der Waals surface area contributed by atoms with Gasteiger partial charge in [0, 0.05) is 0 Å². The predicted molar refractivity (Wildman–Crippen MR) is 113 cm³/mol. The molecule has 2 aliphatic rings. The fourth-order valence-corrected chi connectivity index (χ4v) is 4.68. The highest BCUT2D eigenvalue weighted by Gasteiger charge is 2.56. The minimum Gasteiger partial charge on any atom is -0.414 e. The summed E-state index contributed by atoms with van der Waals surface area (Å²) in [5, 5.41) is 0.0831. The number of fused-ring (bicyclic) bond motifs is 2. The molecule has 0 aliphatic carbocycles. The van der Waals surface area contributed by atoms with Gasteiger partial charge in [-0.2, -0.15) is 4.98 Å². The van der Waals surface area contributed by atoms with E-state index in [1.54, 1.807) is 10.9 Å². The summed E-state index contributed by atoms with van der Waals surface area (Å²) in [6.45, 7) is 15.2. The van der Waals surface area contributed by atoms with E-state index >= 15 is 0 Å². The van der Waals surface area contributed by atoms with E-state index < -0.39 is 32.1 Å². The van der Waals surface area contributed by atoms with E-state index in [1.165, 1.54) is 0 Å². The molecule has 0 radical (unpaired) electrons. The first-order valence-corrected chi connectivity index (χ1v) is 13.1. The molecule has 4 atom stereocenters. The number of aromatic nitrogens is 4. The number of hydrogen-bond acceptors (Lipinski definition) is 8. The Morgan fingerprint density at radius 3 is 2.63 bits per heavy atom. The van der Waals surface area contributed by atoms with Gasteiger partial charge in [0.25, 0.3) is 0 Å². The van der Waals surface area contributed by atoms with Crippen molar-refractivity contribution in [2.45, 2.75) is 83.1 Å². The molecule has 0 amide bonds. The lowest BCUT2D eigenvalue weighted by molar-refractivity contribution is -0.199. The van der Waals surface area contributed by atoms with Gasteiger partial charge in [0.15, 0.2) is 26.0 Å². The maximum absolute atomic E-state index is 11.9. The van der Waals surface area contributed by atoms with Crippen molar-refractivity contribution >= 4 is 25.3 Å². The van der Waals surface area contributed by atoms with Gasteiger partial charge in [0.2, 0.25) is 0 Å². The van der Waals surface area contributed by atoms with E-state index in [-0.39, 0.29) is 23.1 Å². The highest BCUT2D eigenvalue weighted by atomic mass is 28.4. The summed E-state index contributed by atoms with van der Waals surface area (Å²) in [5.41, 5.74) is 6.11. The van der Waals surface area contributed by atoms with Crippen LogP contribution in [0.4, 0.5) is 5.82 Å². The maximum Gasteiger partial charge on any atom is 0.348 e. The number of nitrogen functional groups attached to an aromatic ring is 1. The predicted octanol–water partition coefficient (Wildman–Crippen LogP) is 2.14. The summed E-state index contributed by atoms with van der Waals surface area (Å²) in [4.78, 5) is 22.7. The molecule has 0 spiro atoms. The highest BCUT2D eigenvalue weighted by Crippen LogP contribution is 2.45. The van der Waals surface area contributed by atoms with E-state index in [2.05, 4.69) is 48.8 Å². The van der Waals surface area contributed by atoms with Gasteiger partial charge in [-0.05, 0) is 32.0 Å². The second-order valence-corrected chi connectivity index (χ2v) is 14.8. The van der Waals surface area contributed by atoms with Crippen molar-refractivity contribution in [2.24, 2.45) is 0 Å². The normalized spacial score (nSPS) is 28.9. The van der Waals surface area contributed by atoms with Gasteiger partial charge < -0.3 is 24.4 Å². The first kappa shape index (κ1) is 21.4. The van der Waals surface area contributed by atoms with Crippen LogP contribution in [0.25, 0.3) is 11.2 Å². The molecular weight excluding hydrogens is 406 g/mol. The molecule has 10 nitrogen and oxygen atoms in total. The van der Waals surface area contributed by atoms with E-state index in [0.29, 0.717) is 17.8 Å². The molecule has 2 aromatic rings. The van der Waals surface area contributed by atoms with Crippen LogP contribution in [0.5, 0.6) is 0 Å². The Hall–Kier alpha value is -1.79. The summed E-state index contributed by atoms with van der Waals surface area (Å²) < 4.78 is 26.8. The molecule has 166 valence electrons. The first-order valence-electron chi connectivity index (χ1n) is 10.2. The van der Waals surface area contributed by atoms with Crippen molar-refractivity contribution in [1.82, 2.24) is 19.5 Å².